The first-order chi connectivity index (χ1) is 9.74. The Morgan fingerprint density at radius 1 is 1.30 bits per heavy atom. The molecule has 0 spiro atoms. The highest BCUT2D eigenvalue weighted by Crippen LogP contribution is 2.29. The summed E-state index contributed by atoms with van der Waals surface area (Å²) in [5, 5.41) is 0. The average molecular weight is 291 g/mol. The van der Waals surface area contributed by atoms with Crippen LogP contribution in [0.2, 0.25) is 0 Å². The molecule has 1 amide bonds. The van der Waals surface area contributed by atoms with E-state index in [0.29, 0.717) is 17.8 Å². The number of hydrogen-bond donors (Lipinski definition) is 0. The molecular formula is C15H21N3OS. The molecule has 1 aromatic rings. The zero-order valence-electron chi connectivity index (χ0n) is 11.9. The Bertz CT molecular complexity index is 467. The van der Waals surface area contributed by atoms with Gasteiger partial charge in [0.1, 0.15) is 0 Å². The number of likely N-dealkylation sites (tertiary alicyclic amines) is 1. The molecule has 20 heavy (non-hydrogen) atoms. The first-order valence-corrected chi connectivity index (χ1v) is 8.25. The normalized spacial score (nSPS) is 26.6. The number of amides is 1. The summed E-state index contributed by atoms with van der Waals surface area (Å²) in [6.45, 7) is 1.82. The van der Waals surface area contributed by atoms with Gasteiger partial charge < -0.3 is 4.90 Å². The molecule has 0 aliphatic carbocycles. The van der Waals surface area contributed by atoms with Gasteiger partial charge in [-0.05, 0) is 38.4 Å². The minimum absolute atomic E-state index is 0.271. The van der Waals surface area contributed by atoms with Gasteiger partial charge in [0.2, 0.25) is 5.91 Å². The summed E-state index contributed by atoms with van der Waals surface area (Å²) in [7, 11) is 2.21. The predicted molar refractivity (Wildman–Crippen MR) is 80.7 cm³/mol. The lowest BCUT2D eigenvalue weighted by Crippen LogP contribution is -2.40. The summed E-state index contributed by atoms with van der Waals surface area (Å²) in [6, 6.07) is 5.16. The third-order valence-corrected chi connectivity index (χ3v) is 5.51. The second-order valence-corrected chi connectivity index (χ2v) is 6.70. The number of carbonyl (C=O) groups is 1. The van der Waals surface area contributed by atoms with Crippen LogP contribution in [0, 0.1) is 0 Å². The zero-order chi connectivity index (χ0) is 13.9. The molecule has 5 heteroatoms. The summed E-state index contributed by atoms with van der Waals surface area (Å²) in [6.07, 6.45) is 7.20. The molecule has 0 N–H and O–H groups in total. The van der Waals surface area contributed by atoms with Gasteiger partial charge in [-0.1, -0.05) is 0 Å². The Balaban J connectivity index is 1.55. The second kappa shape index (κ2) is 6.14. The van der Waals surface area contributed by atoms with E-state index in [9.17, 15) is 4.79 Å². The lowest BCUT2D eigenvalue weighted by molar-refractivity contribution is -0.128. The van der Waals surface area contributed by atoms with Crippen molar-refractivity contribution in [1.82, 2.24) is 14.8 Å². The van der Waals surface area contributed by atoms with E-state index in [0.717, 1.165) is 24.4 Å². The van der Waals surface area contributed by atoms with E-state index in [-0.39, 0.29) is 5.91 Å². The Labute approximate surface area is 124 Å². The van der Waals surface area contributed by atoms with Crippen molar-refractivity contribution in [2.45, 2.75) is 36.2 Å². The fourth-order valence-electron chi connectivity index (χ4n) is 3.21. The minimum Gasteiger partial charge on any atom is -0.340 e. The van der Waals surface area contributed by atoms with E-state index < -0.39 is 0 Å². The number of likely N-dealkylation sites (N-methyl/N-ethyl adjacent to an activating group) is 1. The molecule has 108 valence electrons. The van der Waals surface area contributed by atoms with Gasteiger partial charge in [-0.25, -0.2) is 0 Å². The molecule has 2 fully saturated rings. The Kier molecular flexibility index (Phi) is 4.27. The molecule has 0 radical (unpaired) electrons. The van der Waals surface area contributed by atoms with Crippen molar-refractivity contribution in [3.8, 4) is 0 Å². The number of carbonyl (C=O) groups excluding carboxylic acids is 1. The van der Waals surface area contributed by atoms with Crippen LogP contribution in [-0.2, 0) is 4.79 Å². The Hall–Kier alpha value is -1.07. The van der Waals surface area contributed by atoms with E-state index >= 15 is 0 Å². The predicted octanol–water partition coefficient (Wildman–Crippen LogP) is 1.87. The standard InChI is InChI=1S/C15H21N3OS/c1-17-12-2-3-13(17)10-18(9-6-12)15(19)11-20-14-4-7-16-8-5-14/h4-5,7-8,12-13H,2-3,6,9-11H2,1H3/t12-,13+/m1/s1. The molecule has 2 atom stereocenters. The molecule has 2 aliphatic heterocycles. The van der Waals surface area contributed by atoms with Crippen molar-refractivity contribution in [1.29, 1.82) is 0 Å². The lowest BCUT2D eigenvalue weighted by Gasteiger charge is -2.25. The average Bonchev–Trinajstić information content (AvgIpc) is 2.71. The van der Waals surface area contributed by atoms with Gasteiger partial charge >= 0.3 is 0 Å². The van der Waals surface area contributed by atoms with Crippen molar-refractivity contribution >= 4 is 17.7 Å². The summed E-state index contributed by atoms with van der Waals surface area (Å²) in [5.41, 5.74) is 0. The maximum absolute atomic E-state index is 12.4. The molecule has 2 bridgehead atoms. The van der Waals surface area contributed by atoms with Gasteiger partial charge in [0.25, 0.3) is 0 Å². The van der Waals surface area contributed by atoms with Crippen LogP contribution in [0.1, 0.15) is 19.3 Å². The van der Waals surface area contributed by atoms with Crippen LogP contribution in [-0.4, -0.2) is 58.7 Å². The van der Waals surface area contributed by atoms with Crippen LogP contribution >= 0.6 is 11.8 Å². The monoisotopic (exact) mass is 291 g/mol. The maximum Gasteiger partial charge on any atom is 0.232 e. The molecular weight excluding hydrogens is 270 g/mol. The highest BCUT2D eigenvalue weighted by atomic mass is 32.2. The molecule has 3 rings (SSSR count). The third kappa shape index (κ3) is 2.99. The van der Waals surface area contributed by atoms with Crippen LogP contribution in [0.25, 0.3) is 0 Å². The van der Waals surface area contributed by atoms with E-state index in [1.807, 2.05) is 12.1 Å². The smallest absolute Gasteiger partial charge is 0.232 e. The zero-order valence-corrected chi connectivity index (χ0v) is 12.7. The molecule has 0 aromatic carbocycles. The van der Waals surface area contributed by atoms with Crippen molar-refractivity contribution < 1.29 is 4.79 Å². The summed E-state index contributed by atoms with van der Waals surface area (Å²) in [5.74, 6) is 0.804. The van der Waals surface area contributed by atoms with E-state index in [4.69, 9.17) is 0 Å². The number of pyridine rings is 1. The maximum atomic E-state index is 12.4. The number of aromatic nitrogens is 1. The van der Waals surface area contributed by atoms with E-state index in [1.54, 1.807) is 24.2 Å². The topological polar surface area (TPSA) is 36.4 Å². The van der Waals surface area contributed by atoms with Gasteiger partial charge in [0.05, 0.1) is 5.75 Å². The highest BCUT2D eigenvalue weighted by molar-refractivity contribution is 8.00. The van der Waals surface area contributed by atoms with Crippen LogP contribution in [0.5, 0.6) is 0 Å². The number of fused-ring (bicyclic) bond motifs is 2. The minimum atomic E-state index is 0.271. The summed E-state index contributed by atoms with van der Waals surface area (Å²) >= 11 is 1.61. The summed E-state index contributed by atoms with van der Waals surface area (Å²) in [4.78, 5) is 22.0. The molecule has 2 saturated heterocycles. The fourth-order valence-corrected chi connectivity index (χ4v) is 3.99. The van der Waals surface area contributed by atoms with Crippen LogP contribution in [0.15, 0.2) is 29.4 Å². The molecule has 1 aromatic heterocycles. The van der Waals surface area contributed by atoms with Crippen LogP contribution in [0.3, 0.4) is 0 Å². The Morgan fingerprint density at radius 2 is 2.05 bits per heavy atom. The molecule has 0 unspecified atom stereocenters. The highest BCUT2D eigenvalue weighted by Gasteiger charge is 2.35. The SMILES string of the molecule is CN1[C@@H]2CC[C@H]1CN(C(=O)CSc1ccncc1)CC2. The molecule has 4 nitrogen and oxygen atoms in total. The molecule has 3 heterocycles. The first-order valence-electron chi connectivity index (χ1n) is 7.26. The third-order valence-electron chi connectivity index (χ3n) is 4.51. The quantitative estimate of drug-likeness (QED) is 0.797. The van der Waals surface area contributed by atoms with Gasteiger partial charge in [-0.3, -0.25) is 14.7 Å². The van der Waals surface area contributed by atoms with Gasteiger partial charge in [-0.15, -0.1) is 11.8 Å². The largest absolute Gasteiger partial charge is 0.340 e. The van der Waals surface area contributed by atoms with Gasteiger partial charge in [-0.2, -0.15) is 0 Å². The van der Waals surface area contributed by atoms with Gasteiger partial charge in [0, 0.05) is 42.5 Å². The van der Waals surface area contributed by atoms with E-state index in [1.165, 1.54) is 12.8 Å². The number of rotatable bonds is 3. The fraction of sp³-hybridized carbons (Fsp3) is 0.600. The van der Waals surface area contributed by atoms with Gasteiger partial charge in [0.15, 0.2) is 0 Å². The number of nitrogens with zero attached hydrogens (tertiary/aromatic N) is 3. The van der Waals surface area contributed by atoms with Crippen molar-refractivity contribution in [2.24, 2.45) is 0 Å². The summed E-state index contributed by atoms with van der Waals surface area (Å²) < 4.78 is 0. The van der Waals surface area contributed by atoms with Crippen LogP contribution < -0.4 is 0 Å². The van der Waals surface area contributed by atoms with Crippen molar-refractivity contribution in [3.63, 3.8) is 0 Å². The molecule has 2 aliphatic rings. The number of hydrogen-bond acceptors (Lipinski definition) is 4. The Morgan fingerprint density at radius 3 is 2.85 bits per heavy atom. The van der Waals surface area contributed by atoms with Crippen molar-refractivity contribution in [3.05, 3.63) is 24.5 Å². The number of thioether (sulfide) groups is 1. The van der Waals surface area contributed by atoms with E-state index in [2.05, 4.69) is 21.8 Å². The van der Waals surface area contributed by atoms with Crippen molar-refractivity contribution in [2.75, 3.05) is 25.9 Å². The lowest BCUT2D eigenvalue weighted by atomic mass is 10.1. The second-order valence-electron chi connectivity index (χ2n) is 5.65. The molecule has 0 saturated carbocycles. The first kappa shape index (κ1) is 13.9. The van der Waals surface area contributed by atoms with Crippen LogP contribution in [0.4, 0.5) is 0 Å².